The fraction of sp³-hybridized carbons (Fsp3) is 0.351. The molecule has 1 aliphatic carbocycles. The molecule has 3 saturated heterocycles. The number of nitrogens with one attached hydrogen (secondary N) is 4. The van der Waals surface area contributed by atoms with E-state index in [1.807, 2.05) is 112 Å². The van der Waals surface area contributed by atoms with Gasteiger partial charge < -0.3 is 68.6 Å². The average molecular weight is 2080 g/mol. The third kappa shape index (κ3) is 31.6. The van der Waals surface area contributed by atoms with Crippen LogP contribution in [0.25, 0.3) is 87.9 Å². The van der Waals surface area contributed by atoms with Crippen LogP contribution in [-0.4, -0.2) is 150 Å². The number of nitrogens with zero attached hydrogens (tertiary/aromatic N) is 4. The van der Waals surface area contributed by atoms with Crippen LogP contribution in [0.5, 0.6) is 0 Å². The first kappa shape index (κ1) is 112. The van der Waals surface area contributed by atoms with Gasteiger partial charge in [0.25, 0.3) is 10.1 Å². The highest BCUT2D eigenvalue weighted by Gasteiger charge is 2.37. The number of aliphatic carboxylic acids is 1. The van der Waals surface area contributed by atoms with Crippen LogP contribution in [0.15, 0.2) is 259 Å². The number of likely N-dealkylation sites (tertiary alicyclic amines) is 2. The lowest BCUT2D eigenvalue weighted by Crippen LogP contribution is -2.42. The summed E-state index contributed by atoms with van der Waals surface area (Å²) in [7, 11) is -5.17. The van der Waals surface area contributed by atoms with E-state index in [-0.39, 0.29) is 83.5 Å². The SMILES string of the molecule is CC(C)(C)OC(=O)C[C@H](C(=O)O)C1CCCCC1.Cc1ccc(S(=O)(=O)OC[C@@H]2CCCN2C(=O)OC(C)(C)C)cc1.Cc1ccccc1-c1c[nH]c2ccc(F)cc12.Cc1ccccc1-c1cn(C[C@@H]2CCCN2)c2ccc(F)cc12.Cc1ccccc1-c1cn(C[C@@H]2CCCN2C(=O)OC(C)(C)C)c2ccc(F)cc12.Cc1ccccc1B(O)O.Cl.Fc1ccc2[nH]cc(Br)c2c1.Fc1ccc2[nH]ccc2c1. The molecular weight excluding hydrogens is 1940 g/mol. The minimum atomic E-state index is -3.83. The molecule has 10 aromatic carbocycles. The Labute approximate surface area is 855 Å². The van der Waals surface area contributed by atoms with Crippen LogP contribution in [-0.2, 0) is 51.2 Å². The fourth-order valence-corrected chi connectivity index (χ4v) is 19.6. The van der Waals surface area contributed by atoms with E-state index in [2.05, 4.69) is 115 Å². The first-order chi connectivity index (χ1) is 67.9. The molecule has 144 heavy (non-hydrogen) atoms. The van der Waals surface area contributed by atoms with Gasteiger partial charge in [-0.2, -0.15) is 8.42 Å². The van der Waals surface area contributed by atoms with E-state index in [4.69, 9.17) is 28.4 Å². The smallest absolute Gasteiger partial charge is 0.481 e. The molecule has 0 unspecified atom stereocenters. The Kier molecular flexibility index (Phi) is 39.6. The summed E-state index contributed by atoms with van der Waals surface area (Å²) in [5.41, 5.74) is 15.9. The standard InChI is InChI=1S/C25H29FN2O2.C20H21FN2.C17H25NO5S.C15H12FN.C14H24O4.C8H5BrFN.C8H6FN.C7H9BO2.ClH/c1-17-8-5-6-10-20(17)22-16-27(23-12-11-18(26)14-21(22)23)15-19-9-7-13-28(19)24(29)30-25(2,3)4;1-14-5-2-3-7-17(14)19-13-23(12-16-6-4-10-22-16)20-9-8-15(21)11-18(19)20;1-13-7-9-15(10-8-13)24(20,21)22-12-14-6-5-11-18(14)16(19)23-17(2,3)4;1-10-4-2-3-5-12(10)14-9-17-15-7-6-11(16)8-13(14)15;1-14(2,3)18-12(15)9-11(13(16)17)10-7-5-4-6-8-10;9-7-4-11-8-2-1-5(10)3-6(7)8;9-7-1-2-8-6(5-7)3-4-10-8;1-6-4-2-3-5-7(6)8(9)10;/h5-6,8,10-12,14,16,19H,7,9,13,15H2,1-4H3;2-3,5,7-9,11,13,16,22H,4,6,10,12H2,1H3;7-10,14H,5-6,11-12H2,1-4H3;2-9,17H,1H3;10-11H,4-9H2,1-3H3,(H,16,17);1-4,11H;1-5,10H;2-5,9-10H,1H3;1H/t19-;16-;14-;;11-;;;;/m000.0..../s1. The highest BCUT2D eigenvalue weighted by atomic mass is 79.9. The van der Waals surface area contributed by atoms with Crippen molar-refractivity contribution in [3.05, 3.63) is 311 Å². The molecule has 19 rings (SSSR count). The normalized spacial score (nSPS) is 15.4. The molecule has 8 heterocycles. The van der Waals surface area contributed by atoms with Crippen molar-refractivity contribution in [3.8, 4) is 33.4 Å². The van der Waals surface area contributed by atoms with Gasteiger partial charge in [0.05, 0.1) is 35.9 Å². The van der Waals surface area contributed by atoms with Crippen molar-refractivity contribution < 1.29 is 83.1 Å². The second-order valence-electron chi connectivity index (χ2n) is 39.7. The van der Waals surface area contributed by atoms with Gasteiger partial charge in [0.1, 0.15) is 45.9 Å². The number of H-pyrrole nitrogens is 3. The van der Waals surface area contributed by atoms with E-state index in [1.54, 1.807) is 126 Å². The first-order valence-corrected chi connectivity index (χ1v) is 50.8. The molecule has 15 aromatic rings. The number of hydrogen-bond acceptors (Lipinski definition) is 13. The van der Waals surface area contributed by atoms with Gasteiger partial charge in [-0.3, -0.25) is 13.8 Å². The quantitative estimate of drug-likeness (QED) is 0.0156. The van der Waals surface area contributed by atoms with Gasteiger partial charge in [0.15, 0.2) is 0 Å². The number of carboxylic acids is 1. The van der Waals surface area contributed by atoms with Crippen molar-refractivity contribution in [2.75, 3.05) is 26.2 Å². The lowest BCUT2D eigenvalue weighted by molar-refractivity contribution is -0.161. The van der Waals surface area contributed by atoms with E-state index in [0.717, 1.165) is 162 Å². The Morgan fingerprint density at radius 2 is 0.917 bits per heavy atom. The number of fused-ring (bicyclic) bond motifs is 5. The summed E-state index contributed by atoms with van der Waals surface area (Å²) in [6.45, 7) is 30.3. The van der Waals surface area contributed by atoms with Crippen molar-refractivity contribution in [2.24, 2.45) is 11.8 Å². The number of carboxylic acid groups (broad SMARTS) is 1. The number of hydrogen-bond donors (Lipinski definition) is 7. The second-order valence-corrected chi connectivity index (χ2v) is 42.2. The summed E-state index contributed by atoms with van der Waals surface area (Å²) >= 11 is 3.30. The molecule has 3 aliphatic heterocycles. The number of halogens is 7. The Bertz CT molecular complexity index is 6960. The molecule has 4 aliphatic rings. The van der Waals surface area contributed by atoms with Gasteiger partial charge >= 0.3 is 31.2 Å². The maximum absolute atomic E-state index is 14.1. The molecule has 5 aromatic heterocycles. The van der Waals surface area contributed by atoms with Gasteiger partial charge in [-0.15, -0.1) is 12.4 Å². The predicted octanol–water partition coefficient (Wildman–Crippen LogP) is 26.5. The van der Waals surface area contributed by atoms with Gasteiger partial charge in [0.2, 0.25) is 0 Å². The number of benzene rings is 10. The highest BCUT2D eigenvalue weighted by Crippen LogP contribution is 2.39. The molecule has 7 N–H and O–H groups in total. The second kappa shape index (κ2) is 50.9. The van der Waals surface area contributed by atoms with Crippen LogP contribution in [0.2, 0.25) is 0 Å². The number of aryl methyl sites for hydroxylation is 5. The summed E-state index contributed by atoms with van der Waals surface area (Å²) in [4.78, 5) is 60.6. The average Bonchev–Trinajstić information content (AvgIpc) is 1.61. The molecule has 2 amide bonds. The van der Waals surface area contributed by atoms with E-state index in [9.17, 15) is 54.7 Å². The summed E-state index contributed by atoms with van der Waals surface area (Å²) < 4.78 is 118. The van der Waals surface area contributed by atoms with Crippen molar-refractivity contribution >= 4 is 130 Å². The molecule has 30 heteroatoms. The van der Waals surface area contributed by atoms with Crippen LogP contribution in [0.1, 0.15) is 167 Å². The van der Waals surface area contributed by atoms with Crippen LogP contribution < -0.4 is 10.8 Å². The highest BCUT2D eigenvalue weighted by molar-refractivity contribution is 9.10. The van der Waals surface area contributed by atoms with Crippen LogP contribution in [0.4, 0.5) is 31.5 Å². The van der Waals surface area contributed by atoms with Gasteiger partial charge in [-0.1, -0.05) is 140 Å². The topological polar surface area (TPSA) is 276 Å². The monoisotopic (exact) mass is 2070 g/mol. The van der Waals surface area contributed by atoms with Gasteiger partial charge in [-0.25, -0.2) is 31.5 Å². The molecule has 21 nitrogen and oxygen atoms in total. The molecule has 0 spiro atoms. The number of aromatic nitrogens is 5. The maximum Gasteiger partial charge on any atom is 0.488 e. The van der Waals surface area contributed by atoms with E-state index in [0.29, 0.717) is 37.6 Å². The van der Waals surface area contributed by atoms with Crippen LogP contribution >= 0.6 is 28.3 Å². The number of rotatable bonds is 16. The predicted molar refractivity (Wildman–Crippen MR) is 570 cm³/mol. The maximum atomic E-state index is 14.1. The van der Waals surface area contributed by atoms with Crippen LogP contribution in [0, 0.1) is 75.5 Å². The molecule has 0 bridgehead atoms. The molecule has 0 radical (unpaired) electrons. The van der Waals surface area contributed by atoms with Crippen molar-refractivity contribution in [1.29, 1.82) is 0 Å². The summed E-state index contributed by atoms with van der Waals surface area (Å²) in [5, 5.41) is 35.0. The number of ether oxygens (including phenoxy) is 3. The minimum Gasteiger partial charge on any atom is -0.481 e. The van der Waals surface area contributed by atoms with E-state index >= 15 is 0 Å². The third-order valence-corrected chi connectivity index (χ3v) is 27.2. The first-order valence-electron chi connectivity index (χ1n) is 48.6. The number of amides is 2. The lowest BCUT2D eigenvalue weighted by atomic mass is 9.77. The van der Waals surface area contributed by atoms with Gasteiger partial charge in [0, 0.05) is 139 Å². The summed E-state index contributed by atoms with van der Waals surface area (Å²) in [6, 6.07) is 64.6. The largest absolute Gasteiger partial charge is 0.488 e. The van der Waals surface area contributed by atoms with E-state index in [1.165, 1.54) is 84.5 Å². The summed E-state index contributed by atoms with van der Waals surface area (Å²) in [6.07, 6.45) is 20.1. The Morgan fingerprint density at radius 3 is 1.41 bits per heavy atom. The van der Waals surface area contributed by atoms with Gasteiger partial charge in [-0.05, 0) is 325 Å². The number of carbonyl (C=O) groups excluding carboxylic acids is 3. The molecule has 4 fully saturated rings. The number of carbonyl (C=O) groups is 4. The third-order valence-electron chi connectivity index (χ3n) is 25.3. The van der Waals surface area contributed by atoms with Crippen molar-refractivity contribution in [3.63, 3.8) is 0 Å². The zero-order valence-corrected chi connectivity index (χ0v) is 87.4. The molecule has 4 atom stereocenters. The Hall–Kier alpha value is -12.3. The minimum absolute atomic E-state index is 0. The lowest BCUT2D eigenvalue weighted by Gasteiger charge is -2.29. The van der Waals surface area contributed by atoms with E-state index < -0.39 is 58.0 Å². The van der Waals surface area contributed by atoms with Crippen molar-refractivity contribution in [2.45, 2.75) is 227 Å². The van der Waals surface area contributed by atoms with Crippen LogP contribution in [0.3, 0.4) is 0 Å². The Balaban J connectivity index is 0.000000161. The summed E-state index contributed by atoms with van der Waals surface area (Å²) in [5.74, 6) is -2.75. The molecule has 1 saturated carbocycles. The molecule has 764 valence electrons. The molecular formula is C114H132BBrClF5N8O13S. The number of esters is 1. The zero-order chi connectivity index (χ0) is 103. The fourth-order valence-electron chi connectivity index (χ4n) is 18.2. The van der Waals surface area contributed by atoms with Crippen molar-refractivity contribution in [1.82, 2.24) is 39.2 Å². The Morgan fingerprint density at radius 1 is 0.465 bits per heavy atom. The zero-order valence-electron chi connectivity index (χ0n) is 84.2. The number of aromatic amines is 3.